The van der Waals surface area contributed by atoms with Crippen molar-refractivity contribution in [1.29, 1.82) is 0 Å². The molecule has 1 aliphatic rings. The smallest absolute Gasteiger partial charge is 0.274 e. The number of carbonyl (C=O) groups excluding carboxylic acids is 1. The van der Waals surface area contributed by atoms with E-state index >= 15 is 0 Å². The Labute approximate surface area is 148 Å². The summed E-state index contributed by atoms with van der Waals surface area (Å²) in [5.41, 5.74) is 1.29. The van der Waals surface area contributed by atoms with E-state index < -0.39 is 0 Å². The molecule has 0 unspecified atom stereocenters. The molecule has 2 aromatic rings. The van der Waals surface area contributed by atoms with E-state index in [0.717, 1.165) is 37.4 Å². The molecule has 3 rings (SSSR count). The predicted molar refractivity (Wildman–Crippen MR) is 97.2 cm³/mol. The number of rotatable bonds is 5. The Balaban J connectivity index is 1.60. The van der Waals surface area contributed by atoms with Crippen LogP contribution in [0.25, 0.3) is 0 Å². The van der Waals surface area contributed by atoms with Gasteiger partial charge in [0.15, 0.2) is 0 Å². The molecular weight excluding hydrogens is 316 g/mol. The van der Waals surface area contributed by atoms with E-state index in [1.54, 1.807) is 6.20 Å². The van der Waals surface area contributed by atoms with Crippen LogP contribution in [0.3, 0.4) is 0 Å². The molecule has 0 bridgehead atoms. The summed E-state index contributed by atoms with van der Waals surface area (Å²) >= 11 is 0. The molecule has 6 heteroatoms. The lowest BCUT2D eigenvalue weighted by molar-refractivity contribution is 0.0691. The van der Waals surface area contributed by atoms with Crippen LogP contribution in [0.2, 0.25) is 0 Å². The van der Waals surface area contributed by atoms with Crippen LogP contribution < -0.4 is 10.1 Å². The molecule has 1 saturated heterocycles. The lowest BCUT2D eigenvalue weighted by Crippen LogP contribution is -2.38. The van der Waals surface area contributed by atoms with Gasteiger partial charge < -0.3 is 15.0 Å². The fraction of sp³-hybridized carbons (Fsp3) is 0.421. The monoisotopic (exact) mass is 340 g/mol. The van der Waals surface area contributed by atoms with E-state index in [1.807, 2.05) is 36.1 Å². The molecule has 1 aliphatic heterocycles. The summed E-state index contributed by atoms with van der Waals surface area (Å²) in [5.74, 6) is 2.09. The van der Waals surface area contributed by atoms with Gasteiger partial charge in [0, 0.05) is 18.8 Å². The van der Waals surface area contributed by atoms with Crippen molar-refractivity contribution < 1.29 is 9.53 Å². The van der Waals surface area contributed by atoms with Crippen molar-refractivity contribution in [1.82, 2.24) is 14.9 Å². The molecule has 1 fully saturated rings. The first-order valence-electron chi connectivity index (χ1n) is 8.77. The number of likely N-dealkylation sites (tertiary alicyclic amines) is 1. The average molecular weight is 340 g/mol. The highest BCUT2D eigenvalue weighted by Crippen LogP contribution is 2.20. The van der Waals surface area contributed by atoms with E-state index in [1.165, 1.54) is 6.20 Å². The number of carbonyl (C=O) groups is 1. The second-order valence-corrected chi connectivity index (χ2v) is 6.34. The molecule has 6 nitrogen and oxygen atoms in total. The number of piperidine rings is 1. The van der Waals surface area contributed by atoms with Crippen LogP contribution in [-0.4, -0.2) is 40.5 Å². The number of benzene rings is 1. The van der Waals surface area contributed by atoms with Gasteiger partial charge in [-0.1, -0.05) is 6.92 Å². The zero-order valence-electron chi connectivity index (χ0n) is 14.7. The van der Waals surface area contributed by atoms with Crippen molar-refractivity contribution >= 4 is 17.4 Å². The lowest BCUT2D eigenvalue weighted by atomic mass is 9.99. The maximum absolute atomic E-state index is 12.5. The fourth-order valence-corrected chi connectivity index (χ4v) is 2.83. The summed E-state index contributed by atoms with van der Waals surface area (Å²) in [5, 5.41) is 3.17. The summed E-state index contributed by atoms with van der Waals surface area (Å²) < 4.78 is 5.42. The van der Waals surface area contributed by atoms with Gasteiger partial charge in [-0.15, -0.1) is 0 Å². The van der Waals surface area contributed by atoms with E-state index in [-0.39, 0.29) is 5.91 Å². The summed E-state index contributed by atoms with van der Waals surface area (Å²) in [6.07, 6.45) is 5.24. The normalized spacial score (nSPS) is 15.0. The minimum absolute atomic E-state index is 0.0352. The van der Waals surface area contributed by atoms with Crippen molar-refractivity contribution in [3.8, 4) is 5.75 Å². The summed E-state index contributed by atoms with van der Waals surface area (Å²) in [6.45, 7) is 6.42. The number of nitrogens with zero attached hydrogens (tertiary/aromatic N) is 3. The number of anilines is 2. The van der Waals surface area contributed by atoms with E-state index in [0.29, 0.717) is 24.0 Å². The molecule has 0 radical (unpaired) electrons. The van der Waals surface area contributed by atoms with Crippen molar-refractivity contribution in [3.05, 3.63) is 42.4 Å². The van der Waals surface area contributed by atoms with Crippen molar-refractivity contribution in [3.63, 3.8) is 0 Å². The van der Waals surface area contributed by atoms with Crippen molar-refractivity contribution in [2.24, 2.45) is 5.92 Å². The Bertz CT molecular complexity index is 692. The average Bonchev–Trinajstić information content (AvgIpc) is 2.64. The van der Waals surface area contributed by atoms with Gasteiger partial charge in [0.2, 0.25) is 0 Å². The second kappa shape index (κ2) is 7.96. The number of amides is 1. The van der Waals surface area contributed by atoms with Gasteiger partial charge in [-0.3, -0.25) is 4.79 Å². The minimum Gasteiger partial charge on any atom is -0.494 e. The third-order valence-corrected chi connectivity index (χ3v) is 4.38. The molecule has 132 valence electrons. The van der Waals surface area contributed by atoms with Crippen LogP contribution in [0.5, 0.6) is 5.75 Å². The van der Waals surface area contributed by atoms with Crippen molar-refractivity contribution in [2.45, 2.75) is 26.7 Å². The number of ether oxygens (including phenoxy) is 1. The van der Waals surface area contributed by atoms with E-state index in [9.17, 15) is 4.79 Å². The van der Waals surface area contributed by atoms with Gasteiger partial charge >= 0.3 is 0 Å². The Morgan fingerprint density at radius 2 is 1.92 bits per heavy atom. The van der Waals surface area contributed by atoms with Gasteiger partial charge in [0.1, 0.15) is 17.3 Å². The molecule has 1 aromatic carbocycles. The van der Waals surface area contributed by atoms with Crippen LogP contribution in [-0.2, 0) is 0 Å². The fourth-order valence-electron chi connectivity index (χ4n) is 2.83. The number of hydrogen-bond donors (Lipinski definition) is 1. The molecular formula is C19H24N4O2. The summed E-state index contributed by atoms with van der Waals surface area (Å²) in [6, 6.07) is 7.63. The zero-order valence-corrected chi connectivity index (χ0v) is 14.7. The maximum Gasteiger partial charge on any atom is 0.274 e. The highest BCUT2D eigenvalue weighted by atomic mass is 16.5. The van der Waals surface area contributed by atoms with E-state index in [4.69, 9.17) is 4.74 Å². The molecule has 0 atom stereocenters. The first kappa shape index (κ1) is 17.2. The zero-order chi connectivity index (χ0) is 17.6. The summed E-state index contributed by atoms with van der Waals surface area (Å²) in [4.78, 5) is 22.9. The Morgan fingerprint density at radius 3 is 2.52 bits per heavy atom. The third kappa shape index (κ3) is 4.47. The summed E-state index contributed by atoms with van der Waals surface area (Å²) in [7, 11) is 0. The third-order valence-electron chi connectivity index (χ3n) is 4.38. The maximum atomic E-state index is 12.5. The Kier molecular flexibility index (Phi) is 5.48. The van der Waals surface area contributed by atoms with Crippen LogP contribution in [0.15, 0.2) is 36.7 Å². The van der Waals surface area contributed by atoms with Gasteiger partial charge in [-0.2, -0.15) is 0 Å². The quantitative estimate of drug-likeness (QED) is 0.902. The van der Waals surface area contributed by atoms with Gasteiger partial charge in [0.25, 0.3) is 5.91 Å². The van der Waals surface area contributed by atoms with Crippen LogP contribution >= 0.6 is 0 Å². The van der Waals surface area contributed by atoms with Crippen LogP contribution in [0.1, 0.15) is 37.2 Å². The van der Waals surface area contributed by atoms with Crippen molar-refractivity contribution in [2.75, 3.05) is 25.0 Å². The molecule has 1 aromatic heterocycles. The highest BCUT2D eigenvalue weighted by Gasteiger charge is 2.22. The van der Waals surface area contributed by atoms with Crippen LogP contribution in [0.4, 0.5) is 11.5 Å². The highest BCUT2D eigenvalue weighted by molar-refractivity contribution is 5.92. The molecule has 1 N–H and O–H groups in total. The SMILES string of the molecule is CCOc1ccc(Nc2cnc(C(=O)N3CCC(C)CC3)cn2)cc1. The molecule has 0 saturated carbocycles. The second-order valence-electron chi connectivity index (χ2n) is 6.34. The van der Waals surface area contributed by atoms with Gasteiger partial charge in [0.05, 0.1) is 19.0 Å². The predicted octanol–water partition coefficient (Wildman–Crippen LogP) is 3.49. The minimum atomic E-state index is -0.0352. The number of nitrogens with one attached hydrogen (secondary N) is 1. The first-order chi connectivity index (χ1) is 12.2. The molecule has 2 heterocycles. The number of hydrogen-bond acceptors (Lipinski definition) is 5. The van der Waals surface area contributed by atoms with E-state index in [2.05, 4.69) is 22.2 Å². The Hall–Kier alpha value is -2.63. The first-order valence-corrected chi connectivity index (χ1v) is 8.77. The molecule has 0 aliphatic carbocycles. The van der Waals surface area contributed by atoms with Crippen LogP contribution in [0, 0.1) is 5.92 Å². The Morgan fingerprint density at radius 1 is 1.20 bits per heavy atom. The standard InChI is InChI=1S/C19H24N4O2/c1-3-25-16-6-4-15(5-7-16)22-18-13-20-17(12-21-18)19(24)23-10-8-14(2)9-11-23/h4-7,12-14H,3,8-11H2,1-2H3,(H,21,22). The van der Waals surface area contributed by atoms with Gasteiger partial charge in [-0.25, -0.2) is 9.97 Å². The molecule has 25 heavy (non-hydrogen) atoms. The largest absolute Gasteiger partial charge is 0.494 e. The van der Waals surface area contributed by atoms with Gasteiger partial charge in [-0.05, 0) is 49.9 Å². The lowest BCUT2D eigenvalue weighted by Gasteiger charge is -2.29. The number of aromatic nitrogens is 2. The molecule has 0 spiro atoms. The topological polar surface area (TPSA) is 67.3 Å². The molecule has 1 amide bonds.